The Kier molecular flexibility index (Phi) is 5.03. The SMILES string of the molecule is CCCNS(=O)(=O)c1ccc(NC(C)c2ccco2)cc1. The quantitative estimate of drug-likeness (QED) is 0.824. The molecule has 0 spiro atoms. The molecule has 5 nitrogen and oxygen atoms in total. The van der Waals surface area contributed by atoms with Crippen molar-refractivity contribution in [2.24, 2.45) is 0 Å². The molecule has 0 aliphatic carbocycles. The first-order valence-electron chi connectivity index (χ1n) is 6.92. The van der Waals surface area contributed by atoms with Crippen LogP contribution in [0.5, 0.6) is 0 Å². The van der Waals surface area contributed by atoms with E-state index in [4.69, 9.17) is 4.42 Å². The van der Waals surface area contributed by atoms with Crippen molar-refractivity contribution in [1.29, 1.82) is 0 Å². The van der Waals surface area contributed by atoms with Gasteiger partial charge in [0.1, 0.15) is 5.76 Å². The molecular formula is C15H20N2O3S. The summed E-state index contributed by atoms with van der Waals surface area (Å²) >= 11 is 0. The van der Waals surface area contributed by atoms with E-state index in [2.05, 4.69) is 10.0 Å². The van der Waals surface area contributed by atoms with Crippen LogP contribution in [0.1, 0.15) is 32.1 Å². The van der Waals surface area contributed by atoms with E-state index in [-0.39, 0.29) is 10.9 Å². The third-order valence-electron chi connectivity index (χ3n) is 3.06. The first-order chi connectivity index (χ1) is 10.0. The van der Waals surface area contributed by atoms with Gasteiger partial charge in [-0.05, 0) is 49.7 Å². The fourth-order valence-electron chi connectivity index (χ4n) is 1.91. The van der Waals surface area contributed by atoms with Crippen LogP contribution in [0.3, 0.4) is 0 Å². The van der Waals surface area contributed by atoms with Gasteiger partial charge in [0.25, 0.3) is 0 Å². The Morgan fingerprint density at radius 3 is 2.48 bits per heavy atom. The largest absolute Gasteiger partial charge is 0.467 e. The zero-order valence-corrected chi connectivity index (χ0v) is 13.0. The van der Waals surface area contributed by atoms with Gasteiger partial charge in [-0.2, -0.15) is 0 Å². The monoisotopic (exact) mass is 308 g/mol. The molecule has 21 heavy (non-hydrogen) atoms. The number of anilines is 1. The molecule has 0 aliphatic heterocycles. The average molecular weight is 308 g/mol. The Hall–Kier alpha value is -1.79. The fourth-order valence-corrected chi connectivity index (χ4v) is 3.04. The number of rotatable bonds is 7. The van der Waals surface area contributed by atoms with Gasteiger partial charge in [-0.1, -0.05) is 6.92 Å². The molecule has 0 amide bonds. The number of furan rings is 1. The Morgan fingerprint density at radius 1 is 1.19 bits per heavy atom. The van der Waals surface area contributed by atoms with Crippen LogP contribution in [0, 0.1) is 0 Å². The van der Waals surface area contributed by atoms with Gasteiger partial charge in [0, 0.05) is 12.2 Å². The molecule has 0 fully saturated rings. The van der Waals surface area contributed by atoms with Crippen molar-refractivity contribution >= 4 is 15.7 Å². The normalized spacial score (nSPS) is 13.0. The molecule has 0 aliphatic rings. The van der Waals surface area contributed by atoms with Crippen LogP contribution in [0.15, 0.2) is 52.0 Å². The fraction of sp³-hybridized carbons (Fsp3) is 0.333. The van der Waals surface area contributed by atoms with E-state index in [9.17, 15) is 8.42 Å². The highest BCUT2D eigenvalue weighted by Gasteiger charge is 2.13. The van der Waals surface area contributed by atoms with Crippen molar-refractivity contribution in [3.05, 3.63) is 48.4 Å². The van der Waals surface area contributed by atoms with Crippen molar-refractivity contribution < 1.29 is 12.8 Å². The van der Waals surface area contributed by atoms with E-state index in [0.717, 1.165) is 17.9 Å². The third kappa shape index (κ3) is 4.09. The number of nitrogens with one attached hydrogen (secondary N) is 2. The zero-order chi connectivity index (χ0) is 15.3. The van der Waals surface area contributed by atoms with Crippen LogP contribution in [0.25, 0.3) is 0 Å². The summed E-state index contributed by atoms with van der Waals surface area (Å²) < 4.78 is 31.8. The zero-order valence-electron chi connectivity index (χ0n) is 12.2. The summed E-state index contributed by atoms with van der Waals surface area (Å²) in [7, 11) is -3.41. The van der Waals surface area contributed by atoms with E-state index < -0.39 is 10.0 Å². The van der Waals surface area contributed by atoms with Gasteiger partial charge in [-0.3, -0.25) is 0 Å². The van der Waals surface area contributed by atoms with Gasteiger partial charge < -0.3 is 9.73 Å². The molecule has 2 N–H and O–H groups in total. The first kappa shape index (κ1) is 15.6. The lowest BCUT2D eigenvalue weighted by atomic mass is 10.2. The minimum absolute atomic E-state index is 0.0145. The molecule has 0 saturated carbocycles. The van der Waals surface area contributed by atoms with Gasteiger partial charge in [0.05, 0.1) is 17.2 Å². The molecule has 1 heterocycles. The first-order valence-corrected chi connectivity index (χ1v) is 8.41. The number of benzene rings is 1. The molecule has 0 bridgehead atoms. The van der Waals surface area contributed by atoms with E-state index in [0.29, 0.717) is 6.54 Å². The molecule has 2 rings (SSSR count). The molecule has 2 aromatic rings. The van der Waals surface area contributed by atoms with Gasteiger partial charge >= 0.3 is 0 Å². The minimum Gasteiger partial charge on any atom is -0.467 e. The second kappa shape index (κ2) is 6.78. The molecule has 0 saturated heterocycles. The molecule has 114 valence electrons. The highest BCUT2D eigenvalue weighted by atomic mass is 32.2. The lowest BCUT2D eigenvalue weighted by Gasteiger charge is -2.13. The summed E-state index contributed by atoms with van der Waals surface area (Å²) in [6, 6.07) is 10.4. The summed E-state index contributed by atoms with van der Waals surface area (Å²) in [5.74, 6) is 0.830. The van der Waals surface area contributed by atoms with Crippen molar-refractivity contribution in [2.75, 3.05) is 11.9 Å². The Bertz CT molecular complexity index is 649. The molecule has 1 atom stereocenters. The average Bonchev–Trinajstić information content (AvgIpc) is 3.00. The smallest absolute Gasteiger partial charge is 0.240 e. The second-order valence-electron chi connectivity index (χ2n) is 4.80. The molecule has 1 aromatic carbocycles. The van der Waals surface area contributed by atoms with Crippen molar-refractivity contribution in [2.45, 2.75) is 31.2 Å². The van der Waals surface area contributed by atoms with Crippen molar-refractivity contribution in [3.8, 4) is 0 Å². The summed E-state index contributed by atoms with van der Waals surface area (Å²) in [5.41, 5.74) is 0.841. The second-order valence-corrected chi connectivity index (χ2v) is 6.57. The number of hydrogen-bond donors (Lipinski definition) is 2. The standard InChI is InChI=1S/C15H20N2O3S/c1-3-10-16-21(18,19)14-8-6-13(7-9-14)17-12(2)15-5-4-11-20-15/h4-9,11-12,16-17H,3,10H2,1-2H3. The van der Waals surface area contributed by atoms with E-state index in [1.165, 1.54) is 0 Å². The van der Waals surface area contributed by atoms with Crippen LogP contribution < -0.4 is 10.0 Å². The summed E-state index contributed by atoms with van der Waals surface area (Å²) in [6.45, 7) is 4.34. The highest BCUT2D eigenvalue weighted by molar-refractivity contribution is 7.89. The molecule has 1 aromatic heterocycles. The Labute approximate surface area is 125 Å². The van der Waals surface area contributed by atoms with E-state index in [1.54, 1.807) is 30.5 Å². The van der Waals surface area contributed by atoms with Gasteiger partial charge in [-0.25, -0.2) is 13.1 Å². The Balaban J connectivity index is 2.05. The van der Waals surface area contributed by atoms with Gasteiger partial charge in [0.15, 0.2) is 0 Å². The summed E-state index contributed by atoms with van der Waals surface area (Å²) in [6.07, 6.45) is 2.39. The molecule has 1 unspecified atom stereocenters. The van der Waals surface area contributed by atoms with Crippen LogP contribution in [-0.2, 0) is 10.0 Å². The van der Waals surface area contributed by atoms with Gasteiger partial charge in [0.2, 0.25) is 10.0 Å². The maximum atomic E-state index is 12.0. The molecule has 0 radical (unpaired) electrons. The topological polar surface area (TPSA) is 71.3 Å². The number of hydrogen-bond acceptors (Lipinski definition) is 4. The lowest BCUT2D eigenvalue weighted by Crippen LogP contribution is -2.24. The predicted octanol–water partition coefficient (Wildman–Crippen LogP) is 3.14. The highest BCUT2D eigenvalue weighted by Crippen LogP contribution is 2.20. The van der Waals surface area contributed by atoms with Crippen LogP contribution in [0.4, 0.5) is 5.69 Å². The van der Waals surface area contributed by atoms with Gasteiger partial charge in [-0.15, -0.1) is 0 Å². The van der Waals surface area contributed by atoms with E-state index in [1.807, 2.05) is 26.0 Å². The van der Waals surface area contributed by atoms with Crippen molar-refractivity contribution in [3.63, 3.8) is 0 Å². The maximum Gasteiger partial charge on any atom is 0.240 e. The Morgan fingerprint density at radius 2 is 1.90 bits per heavy atom. The van der Waals surface area contributed by atoms with Crippen LogP contribution in [-0.4, -0.2) is 15.0 Å². The third-order valence-corrected chi connectivity index (χ3v) is 4.54. The lowest BCUT2D eigenvalue weighted by molar-refractivity contribution is 0.490. The van der Waals surface area contributed by atoms with Crippen LogP contribution >= 0.6 is 0 Å². The number of sulfonamides is 1. The molecule has 6 heteroatoms. The van der Waals surface area contributed by atoms with E-state index >= 15 is 0 Å². The molecular weight excluding hydrogens is 288 g/mol. The maximum absolute atomic E-state index is 12.0. The van der Waals surface area contributed by atoms with Crippen LogP contribution in [0.2, 0.25) is 0 Å². The predicted molar refractivity (Wildman–Crippen MR) is 82.7 cm³/mol. The summed E-state index contributed by atoms with van der Waals surface area (Å²) in [4.78, 5) is 0.271. The minimum atomic E-state index is -3.41. The summed E-state index contributed by atoms with van der Waals surface area (Å²) in [5, 5.41) is 3.26. The van der Waals surface area contributed by atoms with Crippen molar-refractivity contribution in [1.82, 2.24) is 4.72 Å².